The summed E-state index contributed by atoms with van der Waals surface area (Å²) in [4.78, 5) is 15.6. The predicted octanol–water partition coefficient (Wildman–Crippen LogP) is 1.77. The summed E-state index contributed by atoms with van der Waals surface area (Å²) in [5.74, 6) is 0.165. The molecule has 0 fully saturated rings. The summed E-state index contributed by atoms with van der Waals surface area (Å²) in [5.41, 5.74) is 9.15. The maximum Gasteiger partial charge on any atom is 0.231 e. The Hall–Kier alpha value is -1.55. The van der Waals surface area contributed by atoms with E-state index in [0.29, 0.717) is 6.42 Å². The largest absolute Gasteiger partial charge is 0.375 e. The molecule has 4 heteroatoms. The number of benzene rings is 1. The number of likely N-dealkylation sites (N-methyl/N-ethyl adjacent to an activating group) is 1. The topological polar surface area (TPSA) is 49.6 Å². The molecule has 104 valence electrons. The standard InChI is InChI=1S/C15H23N3O/c1-15(2,16)7-8-17(3)12-5-6-13-11(9-12)10-14(19)18(13)4/h5-6,9H,7-8,10,16H2,1-4H3. The Morgan fingerprint density at radius 2 is 2.11 bits per heavy atom. The molecule has 0 saturated heterocycles. The number of nitrogens with two attached hydrogens (primary N) is 1. The number of anilines is 2. The summed E-state index contributed by atoms with van der Waals surface area (Å²) in [6.07, 6.45) is 1.44. The van der Waals surface area contributed by atoms with Crippen molar-refractivity contribution in [1.82, 2.24) is 0 Å². The fraction of sp³-hybridized carbons (Fsp3) is 0.533. The average Bonchev–Trinajstić information content (AvgIpc) is 2.61. The quantitative estimate of drug-likeness (QED) is 0.898. The number of hydrogen-bond donors (Lipinski definition) is 1. The number of amides is 1. The maximum atomic E-state index is 11.7. The highest BCUT2D eigenvalue weighted by Crippen LogP contribution is 2.31. The molecule has 1 aliphatic rings. The zero-order chi connectivity index (χ0) is 14.2. The Balaban J connectivity index is 2.11. The van der Waals surface area contributed by atoms with E-state index in [1.165, 1.54) is 0 Å². The molecule has 1 amide bonds. The van der Waals surface area contributed by atoms with Gasteiger partial charge in [0.1, 0.15) is 0 Å². The monoisotopic (exact) mass is 261 g/mol. The van der Waals surface area contributed by atoms with Crippen molar-refractivity contribution < 1.29 is 4.79 Å². The minimum Gasteiger partial charge on any atom is -0.375 e. The normalized spacial score (nSPS) is 14.8. The Kier molecular flexibility index (Phi) is 3.54. The van der Waals surface area contributed by atoms with Crippen LogP contribution in [-0.2, 0) is 11.2 Å². The highest BCUT2D eigenvalue weighted by Gasteiger charge is 2.24. The van der Waals surface area contributed by atoms with Crippen LogP contribution in [0.5, 0.6) is 0 Å². The fourth-order valence-electron chi connectivity index (χ4n) is 2.28. The van der Waals surface area contributed by atoms with Crippen LogP contribution in [0.3, 0.4) is 0 Å². The van der Waals surface area contributed by atoms with E-state index in [-0.39, 0.29) is 11.4 Å². The van der Waals surface area contributed by atoms with E-state index in [1.807, 2.05) is 27.0 Å². The minimum atomic E-state index is -0.152. The Bertz CT molecular complexity index is 491. The second-order valence-corrected chi connectivity index (χ2v) is 6.10. The molecule has 0 aromatic heterocycles. The number of fused-ring (bicyclic) bond motifs is 1. The third-order valence-electron chi connectivity index (χ3n) is 3.67. The summed E-state index contributed by atoms with van der Waals surface area (Å²) < 4.78 is 0. The molecule has 2 N–H and O–H groups in total. The van der Waals surface area contributed by atoms with Gasteiger partial charge in [-0.3, -0.25) is 4.79 Å². The molecular weight excluding hydrogens is 238 g/mol. The van der Waals surface area contributed by atoms with Crippen LogP contribution in [0.2, 0.25) is 0 Å². The van der Waals surface area contributed by atoms with Gasteiger partial charge in [0, 0.05) is 37.6 Å². The van der Waals surface area contributed by atoms with Crippen LogP contribution in [0.4, 0.5) is 11.4 Å². The van der Waals surface area contributed by atoms with Crippen molar-refractivity contribution in [2.75, 3.05) is 30.4 Å². The van der Waals surface area contributed by atoms with Crippen LogP contribution in [0.15, 0.2) is 18.2 Å². The fourth-order valence-corrected chi connectivity index (χ4v) is 2.28. The maximum absolute atomic E-state index is 11.7. The van der Waals surface area contributed by atoms with Crippen LogP contribution >= 0.6 is 0 Å². The van der Waals surface area contributed by atoms with Crippen LogP contribution in [-0.4, -0.2) is 32.1 Å². The summed E-state index contributed by atoms with van der Waals surface area (Å²) in [7, 11) is 3.89. The van der Waals surface area contributed by atoms with Gasteiger partial charge >= 0.3 is 0 Å². The average molecular weight is 261 g/mol. The van der Waals surface area contributed by atoms with Gasteiger partial charge in [-0.2, -0.15) is 0 Å². The number of nitrogens with zero attached hydrogens (tertiary/aromatic N) is 2. The zero-order valence-electron chi connectivity index (χ0n) is 12.2. The highest BCUT2D eigenvalue weighted by atomic mass is 16.2. The third-order valence-corrected chi connectivity index (χ3v) is 3.67. The van der Waals surface area contributed by atoms with Crippen molar-refractivity contribution >= 4 is 17.3 Å². The Morgan fingerprint density at radius 1 is 1.42 bits per heavy atom. The smallest absolute Gasteiger partial charge is 0.231 e. The van der Waals surface area contributed by atoms with Crippen molar-refractivity contribution in [3.63, 3.8) is 0 Å². The highest BCUT2D eigenvalue weighted by molar-refractivity contribution is 6.01. The van der Waals surface area contributed by atoms with Gasteiger partial charge in [-0.1, -0.05) is 0 Å². The molecule has 0 radical (unpaired) electrons. The van der Waals surface area contributed by atoms with Crippen molar-refractivity contribution in [1.29, 1.82) is 0 Å². The van der Waals surface area contributed by atoms with Crippen LogP contribution < -0.4 is 15.5 Å². The molecule has 0 atom stereocenters. The van der Waals surface area contributed by atoms with Crippen LogP contribution in [0, 0.1) is 0 Å². The molecule has 1 heterocycles. The van der Waals surface area contributed by atoms with Gasteiger partial charge in [0.25, 0.3) is 0 Å². The molecule has 1 aromatic carbocycles. The summed E-state index contributed by atoms with van der Waals surface area (Å²) >= 11 is 0. The summed E-state index contributed by atoms with van der Waals surface area (Å²) in [5, 5.41) is 0. The van der Waals surface area contributed by atoms with E-state index in [4.69, 9.17) is 5.73 Å². The molecule has 0 aliphatic carbocycles. The minimum absolute atomic E-state index is 0.152. The lowest BCUT2D eigenvalue weighted by molar-refractivity contribution is -0.117. The zero-order valence-corrected chi connectivity index (χ0v) is 12.2. The van der Waals surface area contributed by atoms with Crippen molar-refractivity contribution in [2.24, 2.45) is 5.73 Å². The molecule has 0 saturated carbocycles. The number of carbonyl (C=O) groups excluding carboxylic acids is 1. The van der Waals surface area contributed by atoms with Gasteiger partial charge in [-0.25, -0.2) is 0 Å². The predicted molar refractivity (Wildman–Crippen MR) is 79.7 cm³/mol. The van der Waals surface area contributed by atoms with E-state index < -0.39 is 0 Å². The molecular formula is C15H23N3O. The van der Waals surface area contributed by atoms with Crippen LogP contribution in [0.25, 0.3) is 0 Å². The first-order valence-corrected chi connectivity index (χ1v) is 6.67. The molecule has 0 spiro atoms. The molecule has 1 aromatic rings. The van der Waals surface area contributed by atoms with E-state index in [9.17, 15) is 4.79 Å². The Labute approximate surface area is 115 Å². The van der Waals surface area contributed by atoms with Crippen LogP contribution in [0.1, 0.15) is 25.8 Å². The van der Waals surface area contributed by atoms with Gasteiger partial charge in [0.15, 0.2) is 0 Å². The van der Waals surface area contributed by atoms with E-state index in [0.717, 1.165) is 29.9 Å². The number of hydrogen-bond acceptors (Lipinski definition) is 3. The second-order valence-electron chi connectivity index (χ2n) is 6.10. The van der Waals surface area contributed by atoms with Crippen molar-refractivity contribution in [2.45, 2.75) is 32.2 Å². The summed E-state index contributed by atoms with van der Waals surface area (Å²) in [6, 6.07) is 6.21. The third kappa shape index (κ3) is 3.07. The SMILES string of the molecule is CN(CCC(C)(C)N)c1ccc2c(c1)CC(=O)N2C. The lowest BCUT2D eigenvalue weighted by atomic mass is 10.0. The first-order valence-electron chi connectivity index (χ1n) is 6.67. The van der Waals surface area contributed by atoms with Crippen molar-refractivity contribution in [3.05, 3.63) is 23.8 Å². The first-order chi connectivity index (χ1) is 8.78. The van der Waals surface area contributed by atoms with Crippen molar-refractivity contribution in [3.8, 4) is 0 Å². The summed E-state index contributed by atoms with van der Waals surface area (Å²) in [6.45, 7) is 4.99. The Morgan fingerprint density at radius 3 is 2.74 bits per heavy atom. The van der Waals surface area contributed by atoms with Gasteiger partial charge in [-0.05, 0) is 44.0 Å². The van der Waals surface area contributed by atoms with E-state index in [1.54, 1.807) is 4.90 Å². The molecule has 4 nitrogen and oxygen atoms in total. The lowest BCUT2D eigenvalue weighted by Gasteiger charge is -2.25. The number of carbonyl (C=O) groups is 1. The van der Waals surface area contributed by atoms with Gasteiger partial charge in [0.2, 0.25) is 5.91 Å². The molecule has 2 rings (SSSR count). The van der Waals surface area contributed by atoms with Gasteiger partial charge in [-0.15, -0.1) is 0 Å². The molecule has 19 heavy (non-hydrogen) atoms. The van der Waals surface area contributed by atoms with Gasteiger partial charge < -0.3 is 15.5 Å². The lowest BCUT2D eigenvalue weighted by Crippen LogP contribution is -2.36. The number of rotatable bonds is 4. The molecule has 1 aliphatic heterocycles. The second kappa shape index (κ2) is 4.85. The molecule has 0 unspecified atom stereocenters. The van der Waals surface area contributed by atoms with E-state index >= 15 is 0 Å². The first kappa shape index (κ1) is 13.9. The van der Waals surface area contributed by atoms with E-state index in [2.05, 4.69) is 24.1 Å². The van der Waals surface area contributed by atoms with Gasteiger partial charge in [0.05, 0.1) is 6.42 Å². The molecule has 0 bridgehead atoms.